The minimum atomic E-state index is -0.467. The molecule has 1 aliphatic rings. The zero-order chi connectivity index (χ0) is 23.7. The summed E-state index contributed by atoms with van der Waals surface area (Å²) in [5.74, 6) is 0.365. The molecule has 3 aromatic rings. The van der Waals surface area contributed by atoms with Crippen LogP contribution in [-0.4, -0.2) is 64.7 Å². The molecule has 0 spiro atoms. The zero-order valence-electron chi connectivity index (χ0n) is 18.8. The minimum Gasteiger partial charge on any atom is -0.375 e. The van der Waals surface area contributed by atoms with Crippen molar-refractivity contribution in [3.63, 3.8) is 0 Å². The second-order valence-electron chi connectivity index (χ2n) is 8.13. The van der Waals surface area contributed by atoms with E-state index in [2.05, 4.69) is 32.5 Å². The number of hydrogen-bond donors (Lipinski definition) is 2. The van der Waals surface area contributed by atoms with Gasteiger partial charge in [0, 0.05) is 57.1 Å². The number of aryl methyl sites for hydroxylation is 1. The Morgan fingerprint density at radius 2 is 1.70 bits per heavy atom. The highest BCUT2D eigenvalue weighted by atomic mass is 35.5. The first-order valence-electron chi connectivity index (χ1n) is 10.6. The van der Waals surface area contributed by atoms with E-state index >= 15 is 0 Å². The van der Waals surface area contributed by atoms with E-state index in [1.165, 1.54) is 11.6 Å². The monoisotopic (exact) mass is 471 g/mol. The van der Waals surface area contributed by atoms with Crippen LogP contribution >= 0.6 is 11.6 Å². The number of nitrogens with one attached hydrogen (secondary N) is 2. The summed E-state index contributed by atoms with van der Waals surface area (Å²) in [7, 11) is 5.07. The molecule has 0 unspecified atom stereocenters. The first kappa shape index (κ1) is 22.8. The fourth-order valence-electron chi connectivity index (χ4n) is 3.79. The maximum atomic E-state index is 13.0. The number of halogens is 1. The Kier molecular flexibility index (Phi) is 6.39. The van der Waals surface area contributed by atoms with E-state index < -0.39 is 11.2 Å². The number of rotatable bonds is 5. The van der Waals surface area contributed by atoms with Gasteiger partial charge in [-0.05, 0) is 31.3 Å². The number of carbonyl (C=O) groups excluding carboxylic acids is 1. The second-order valence-corrected chi connectivity index (χ2v) is 8.57. The Morgan fingerprint density at radius 1 is 1.03 bits per heavy atom. The Bertz CT molecular complexity index is 1310. The normalized spacial score (nSPS) is 14.5. The summed E-state index contributed by atoms with van der Waals surface area (Å²) < 4.78 is 2.40. The molecule has 2 aromatic heterocycles. The molecule has 0 atom stereocenters. The van der Waals surface area contributed by atoms with Crippen LogP contribution in [0.15, 0.2) is 39.9 Å². The van der Waals surface area contributed by atoms with Gasteiger partial charge in [-0.2, -0.15) is 0 Å². The van der Waals surface area contributed by atoms with Crippen molar-refractivity contribution < 1.29 is 4.79 Å². The van der Waals surface area contributed by atoms with Crippen LogP contribution in [0.1, 0.15) is 0 Å². The molecule has 4 rings (SSSR count). The average molecular weight is 472 g/mol. The fourth-order valence-corrected chi connectivity index (χ4v) is 3.92. The van der Waals surface area contributed by atoms with Crippen molar-refractivity contribution in [3.05, 3.63) is 56.2 Å². The Balaban J connectivity index is 1.68. The number of carbonyl (C=O) groups is 1. The van der Waals surface area contributed by atoms with Gasteiger partial charge in [-0.3, -0.25) is 18.7 Å². The molecule has 0 radical (unpaired) electrons. The molecule has 1 aromatic carbocycles. The molecule has 1 aliphatic heterocycles. The second kappa shape index (κ2) is 9.24. The summed E-state index contributed by atoms with van der Waals surface area (Å²) in [4.78, 5) is 47.0. The van der Waals surface area contributed by atoms with Crippen molar-refractivity contribution in [2.24, 2.45) is 14.1 Å². The number of fused-ring (bicyclic) bond motifs is 1. The fraction of sp³-hybridized carbons (Fsp3) is 0.364. The number of anilines is 3. The number of likely N-dealkylation sites (N-methyl/N-ethyl adjacent to an activating group) is 1. The molecule has 0 bridgehead atoms. The summed E-state index contributed by atoms with van der Waals surface area (Å²) >= 11 is 5.89. The van der Waals surface area contributed by atoms with E-state index in [1.54, 1.807) is 37.4 Å². The van der Waals surface area contributed by atoms with Crippen LogP contribution < -0.4 is 26.8 Å². The highest BCUT2D eigenvalue weighted by Crippen LogP contribution is 2.25. The maximum absolute atomic E-state index is 13.0. The van der Waals surface area contributed by atoms with Crippen LogP contribution in [-0.2, 0) is 18.9 Å². The lowest BCUT2D eigenvalue weighted by Crippen LogP contribution is -2.45. The van der Waals surface area contributed by atoms with Crippen molar-refractivity contribution in [1.29, 1.82) is 0 Å². The van der Waals surface area contributed by atoms with E-state index in [1.807, 2.05) is 0 Å². The first-order chi connectivity index (χ1) is 15.7. The number of piperazine rings is 1. The summed E-state index contributed by atoms with van der Waals surface area (Å²) in [5.41, 5.74) is 0.423. The van der Waals surface area contributed by atoms with Crippen LogP contribution in [0, 0.1) is 0 Å². The van der Waals surface area contributed by atoms with Crippen molar-refractivity contribution in [2.45, 2.75) is 0 Å². The molecule has 0 aliphatic carbocycles. The van der Waals surface area contributed by atoms with Crippen molar-refractivity contribution in [1.82, 2.24) is 19.0 Å². The number of amides is 1. The van der Waals surface area contributed by atoms with E-state index in [0.717, 1.165) is 30.7 Å². The van der Waals surface area contributed by atoms with Crippen LogP contribution in [0.5, 0.6) is 0 Å². The molecule has 2 N–H and O–H groups in total. The highest BCUT2D eigenvalue weighted by molar-refractivity contribution is 6.30. The Hall–Kier alpha value is -3.37. The Labute approximate surface area is 195 Å². The molecule has 0 saturated carbocycles. The van der Waals surface area contributed by atoms with Gasteiger partial charge in [0.25, 0.3) is 5.56 Å². The SMILES string of the molecule is CN1CCN(c2cc(NCC(=O)Nc3ccc(Cl)cc3)c3c(=O)n(C)c(=O)n(C)c3n2)CC1. The van der Waals surface area contributed by atoms with Crippen LogP contribution in [0.4, 0.5) is 17.2 Å². The lowest BCUT2D eigenvalue weighted by Gasteiger charge is -2.33. The maximum Gasteiger partial charge on any atom is 0.332 e. The molecule has 33 heavy (non-hydrogen) atoms. The standard InChI is InChI=1S/C22H26ClN7O3/c1-27-8-10-30(11-9-27)17-12-16(19-20(26-17)28(2)22(33)29(3)21(19)32)24-13-18(31)25-15-6-4-14(23)5-7-15/h4-7,12H,8-11,13H2,1-3H3,(H,24,26)(H,25,31). The Morgan fingerprint density at radius 3 is 2.36 bits per heavy atom. The molecule has 1 saturated heterocycles. The topological polar surface area (TPSA) is 105 Å². The van der Waals surface area contributed by atoms with Crippen LogP contribution in [0.3, 0.4) is 0 Å². The lowest BCUT2D eigenvalue weighted by molar-refractivity contribution is -0.114. The molecular weight excluding hydrogens is 446 g/mol. The molecular formula is C22H26ClN7O3. The van der Waals surface area contributed by atoms with Gasteiger partial charge in [0.1, 0.15) is 11.2 Å². The third-order valence-corrected chi connectivity index (χ3v) is 6.04. The summed E-state index contributed by atoms with van der Waals surface area (Å²) in [5, 5.41) is 6.70. The number of hydrogen-bond acceptors (Lipinski definition) is 7. The van der Waals surface area contributed by atoms with Gasteiger partial charge in [0.05, 0.1) is 12.2 Å². The summed E-state index contributed by atoms with van der Waals surface area (Å²) in [6.45, 7) is 3.22. The quantitative estimate of drug-likeness (QED) is 0.574. The number of benzene rings is 1. The van der Waals surface area contributed by atoms with Gasteiger partial charge in [-0.1, -0.05) is 11.6 Å². The summed E-state index contributed by atoms with van der Waals surface area (Å²) in [6, 6.07) is 8.56. The molecule has 11 heteroatoms. The minimum absolute atomic E-state index is 0.0735. The molecule has 174 valence electrons. The van der Waals surface area contributed by atoms with Gasteiger partial charge in [0.2, 0.25) is 5.91 Å². The van der Waals surface area contributed by atoms with E-state index in [0.29, 0.717) is 22.2 Å². The van der Waals surface area contributed by atoms with Crippen molar-refractivity contribution in [2.75, 3.05) is 55.3 Å². The number of pyridine rings is 1. The first-order valence-corrected chi connectivity index (χ1v) is 11.0. The van der Waals surface area contributed by atoms with Gasteiger partial charge >= 0.3 is 5.69 Å². The largest absolute Gasteiger partial charge is 0.375 e. The van der Waals surface area contributed by atoms with Gasteiger partial charge < -0.3 is 20.4 Å². The van der Waals surface area contributed by atoms with Gasteiger partial charge in [0.15, 0.2) is 5.65 Å². The van der Waals surface area contributed by atoms with Crippen molar-refractivity contribution >= 4 is 45.7 Å². The number of aromatic nitrogens is 3. The smallest absolute Gasteiger partial charge is 0.332 e. The number of nitrogens with zero attached hydrogens (tertiary/aromatic N) is 5. The van der Waals surface area contributed by atoms with E-state index in [4.69, 9.17) is 11.6 Å². The van der Waals surface area contributed by atoms with Gasteiger partial charge in [-0.25, -0.2) is 9.78 Å². The third-order valence-electron chi connectivity index (χ3n) is 5.79. The predicted octanol–water partition coefficient (Wildman–Crippen LogP) is 1.09. The average Bonchev–Trinajstić information content (AvgIpc) is 2.81. The summed E-state index contributed by atoms with van der Waals surface area (Å²) in [6.07, 6.45) is 0. The molecule has 3 heterocycles. The molecule has 10 nitrogen and oxygen atoms in total. The van der Waals surface area contributed by atoms with Crippen LogP contribution in [0.25, 0.3) is 11.0 Å². The van der Waals surface area contributed by atoms with E-state index in [9.17, 15) is 14.4 Å². The van der Waals surface area contributed by atoms with Crippen molar-refractivity contribution in [3.8, 4) is 0 Å². The predicted molar refractivity (Wildman–Crippen MR) is 131 cm³/mol. The van der Waals surface area contributed by atoms with Gasteiger partial charge in [-0.15, -0.1) is 0 Å². The van der Waals surface area contributed by atoms with Crippen LogP contribution in [0.2, 0.25) is 5.02 Å². The third kappa shape index (κ3) is 4.71. The highest BCUT2D eigenvalue weighted by Gasteiger charge is 2.21. The lowest BCUT2D eigenvalue weighted by atomic mass is 10.2. The van der Waals surface area contributed by atoms with E-state index in [-0.39, 0.29) is 23.5 Å². The zero-order valence-corrected chi connectivity index (χ0v) is 19.5. The molecule has 1 fully saturated rings. The molecule has 1 amide bonds.